The Balaban J connectivity index is 0.876. The molecule has 71 heavy (non-hydrogen) atoms. The zero-order valence-corrected chi connectivity index (χ0v) is 39.4. The number of rotatable bonds is 9. The fourth-order valence-electron chi connectivity index (χ4n) is 10.9. The first kappa shape index (κ1) is 40.9. The minimum atomic E-state index is 1.08. The molecule has 3 heterocycles. The van der Waals surface area contributed by atoms with Gasteiger partial charge in [-0.15, -0.1) is 11.3 Å². The second kappa shape index (κ2) is 16.8. The smallest absolute Gasteiger partial charge is 0.0562 e. The van der Waals surface area contributed by atoms with Gasteiger partial charge in [-0.25, -0.2) is 0 Å². The van der Waals surface area contributed by atoms with Crippen molar-refractivity contribution in [3.05, 3.63) is 267 Å². The maximum absolute atomic E-state index is 2.44. The van der Waals surface area contributed by atoms with Gasteiger partial charge < -0.3 is 18.9 Å². The Kier molecular flexibility index (Phi) is 9.68. The Morgan fingerprint density at radius 2 is 0.732 bits per heavy atom. The maximum atomic E-state index is 2.44. The predicted molar refractivity (Wildman–Crippen MR) is 303 cm³/mol. The van der Waals surface area contributed by atoms with E-state index < -0.39 is 0 Å². The standard InChI is InChI=1S/C66H44N4S/c1-5-19-47(20-6-1)67(53-37-39-59-63(44-53)70(50-25-11-4-12-26-50)61-41-40-58-57-29-14-16-31-64(57)71-66(58)65(59)61)51-34-32-45(33-35-51)46-18-17-27-52(42-46)68(48-21-7-2-8-22-48)54-36-38-56-55-28-13-15-30-60(55)69(62(56)43-54)49-23-9-3-10-24-49/h1-44H. The fourth-order valence-corrected chi connectivity index (χ4v) is 12.2. The van der Waals surface area contributed by atoms with Gasteiger partial charge in [0.2, 0.25) is 0 Å². The molecule has 3 aromatic heterocycles. The van der Waals surface area contributed by atoms with E-state index in [-0.39, 0.29) is 0 Å². The summed E-state index contributed by atoms with van der Waals surface area (Å²) >= 11 is 1.89. The first-order valence-electron chi connectivity index (χ1n) is 24.2. The van der Waals surface area contributed by atoms with Crippen molar-refractivity contribution in [2.45, 2.75) is 0 Å². The van der Waals surface area contributed by atoms with Crippen molar-refractivity contribution in [3.8, 4) is 22.5 Å². The summed E-state index contributed by atoms with van der Waals surface area (Å²) in [5.41, 5.74) is 15.8. The van der Waals surface area contributed by atoms with E-state index in [9.17, 15) is 0 Å². The van der Waals surface area contributed by atoms with Crippen molar-refractivity contribution in [2.75, 3.05) is 9.80 Å². The van der Waals surface area contributed by atoms with E-state index in [1.165, 1.54) is 63.8 Å². The Bertz CT molecular complexity index is 4270. The SMILES string of the molecule is c1ccc(N(c2cccc(-c3ccc(N(c4ccccc4)c4ccc5c6c7sc8ccccc8c7ccc6n(-c6ccccc6)c5c4)cc3)c2)c2ccc3c4ccccc4n(-c4ccccc4)c3c2)cc1. The lowest BCUT2D eigenvalue weighted by atomic mass is 10.0. The van der Waals surface area contributed by atoms with E-state index in [0.717, 1.165) is 56.6 Å². The van der Waals surface area contributed by atoms with Crippen LogP contribution in [-0.4, -0.2) is 9.13 Å². The molecule has 0 bridgehead atoms. The van der Waals surface area contributed by atoms with Crippen LogP contribution in [0.25, 0.3) is 86.3 Å². The Labute approximate surface area is 415 Å². The number of nitrogens with zero attached hydrogens (tertiary/aromatic N) is 4. The number of hydrogen-bond acceptors (Lipinski definition) is 3. The van der Waals surface area contributed by atoms with E-state index in [1.54, 1.807) is 0 Å². The van der Waals surface area contributed by atoms with Crippen LogP contribution in [-0.2, 0) is 0 Å². The van der Waals surface area contributed by atoms with Gasteiger partial charge in [-0.1, -0.05) is 152 Å². The summed E-state index contributed by atoms with van der Waals surface area (Å²) in [6.45, 7) is 0. The summed E-state index contributed by atoms with van der Waals surface area (Å²) in [5, 5.41) is 7.64. The van der Waals surface area contributed by atoms with Gasteiger partial charge >= 0.3 is 0 Å². The van der Waals surface area contributed by atoms with E-state index in [1.807, 2.05) is 11.3 Å². The average Bonchev–Trinajstić information content (AvgIpc) is 4.10. The van der Waals surface area contributed by atoms with Gasteiger partial charge in [0.1, 0.15) is 0 Å². The average molecular weight is 925 g/mol. The van der Waals surface area contributed by atoms with Crippen LogP contribution in [0.3, 0.4) is 0 Å². The van der Waals surface area contributed by atoms with Crippen LogP contribution < -0.4 is 9.80 Å². The van der Waals surface area contributed by atoms with Crippen LogP contribution in [0, 0.1) is 0 Å². The third kappa shape index (κ3) is 6.81. The Morgan fingerprint density at radius 1 is 0.268 bits per heavy atom. The normalized spacial score (nSPS) is 11.7. The number of thiophene rings is 1. The lowest BCUT2D eigenvalue weighted by Gasteiger charge is -2.27. The monoisotopic (exact) mass is 924 g/mol. The molecule has 4 nitrogen and oxygen atoms in total. The molecule has 0 spiro atoms. The van der Waals surface area contributed by atoms with Gasteiger partial charge in [0, 0.05) is 87.2 Å². The van der Waals surface area contributed by atoms with Gasteiger partial charge in [0.15, 0.2) is 0 Å². The summed E-state index contributed by atoms with van der Waals surface area (Å²) < 4.78 is 7.47. The lowest BCUT2D eigenvalue weighted by Crippen LogP contribution is -2.10. The van der Waals surface area contributed by atoms with Gasteiger partial charge in [-0.2, -0.15) is 0 Å². The highest BCUT2D eigenvalue weighted by atomic mass is 32.1. The molecule has 0 aliphatic heterocycles. The van der Waals surface area contributed by atoms with Crippen LogP contribution in [0.15, 0.2) is 267 Å². The third-order valence-electron chi connectivity index (χ3n) is 14.1. The topological polar surface area (TPSA) is 16.3 Å². The minimum absolute atomic E-state index is 1.08. The van der Waals surface area contributed by atoms with E-state index in [2.05, 4.69) is 286 Å². The van der Waals surface area contributed by atoms with E-state index in [4.69, 9.17) is 0 Å². The number of aromatic nitrogens is 2. The summed E-state index contributed by atoms with van der Waals surface area (Å²) in [4.78, 5) is 4.75. The Hall–Kier alpha value is -9.16. The van der Waals surface area contributed by atoms with Crippen molar-refractivity contribution < 1.29 is 0 Å². The number of hydrogen-bond donors (Lipinski definition) is 0. The first-order chi connectivity index (χ1) is 35.2. The second-order valence-corrected chi connectivity index (χ2v) is 19.2. The molecule has 334 valence electrons. The van der Waals surface area contributed by atoms with Crippen LogP contribution in [0.4, 0.5) is 34.1 Å². The van der Waals surface area contributed by atoms with Crippen molar-refractivity contribution in [1.29, 1.82) is 0 Å². The highest BCUT2D eigenvalue weighted by Crippen LogP contribution is 2.46. The molecule has 11 aromatic carbocycles. The maximum Gasteiger partial charge on any atom is 0.0562 e. The molecule has 5 heteroatoms. The number of para-hydroxylation sites is 5. The van der Waals surface area contributed by atoms with Gasteiger partial charge in [0.25, 0.3) is 0 Å². The van der Waals surface area contributed by atoms with Crippen LogP contribution in [0.1, 0.15) is 0 Å². The molecule has 0 fully saturated rings. The molecule has 0 N–H and O–H groups in total. The molecule has 0 saturated heterocycles. The molecular formula is C66H44N4S. The lowest BCUT2D eigenvalue weighted by molar-refractivity contribution is 1.18. The fraction of sp³-hybridized carbons (Fsp3) is 0. The van der Waals surface area contributed by atoms with Crippen LogP contribution in [0.2, 0.25) is 0 Å². The molecule has 0 aliphatic rings. The molecule has 14 aromatic rings. The molecular weight excluding hydrogens is 881 g/mol. The predicted octanol–water partition coefficient (Wildman–Crippen LogP) is 18.9. The molecule has 14 rings (SSSR count). The van der Waals surface area contributed by atoms with Crippen molar-refractivity contribution in [2.24, 2.45) is 0 Å². The third-order valence-corrected chi connectivity index (χ3v) is 15.3. The molecule has 0 radical (unpaired) electrons. The quantitative estimate of drug-likeness (QED) is 0.143. The van der Waals surface area contributed by atoms with E-state index in [0.29, 0.717) is 0 Å². The minimum Gasteiger partial charge on any atom is -0.310 e. The molecule has 0 aliphatic carbocycles. The highest BCUT2D eigenvalue weighted by Gasteiger charge is 2.22. The largest absolute Gasteiger partial charge is 0.310 e. The number of anilines is 6. The van der Waals surface area contributed by atoms with E-state index >= 15 is 0 Å². The summed E-state index contributed by atoms with van der Waals surface area (Å²) in [6.07, 6.45) is 0. The number of benzene rings is 11. The molecule has 0 atom stereocenters. The van der Waals surface area contributed by atoms with Crippen molar-refractivity contribution in [3.63, 3.8) is 0 Å². The first-order valence-corrected chi connectivity index (χ1v) is 25.0. The van der Waals surface area contributed by atoms with Crippen LogP contribution >= 0.6 is 11.3 Å². The summed E-state index contributed by atoms with van der Waals surface area (Å²) in [5.74, 6) is 0. The van der Waals surface area contributed by atoms with Gasteiger partial charge in [-0.05, 0) is 126 Å². The zero-order chi connectivity index (χ0) is 46.8. The van der Waals surface area contributed by atoms with Crippen molar-refractivity contribution >= 4 is 109 Å². The van der Waals surface area contributed by atoms with Crippen LogP contribution in [0.5, 0.6) is 0 Å². The Morgan fingerprint density at radius 3 is 1.41 bits per heavy atom. The molecule has 0 unspecified atom stereocenters. The van der Waals surface area contributed by atoms with Crippen molar-refractivity contribution in [1.82, 2.24) is 9.13 Å². The number of fused-ring (bicyclic) bond motifs is 10. The summed E-state index contributed by atoms with van der Waals surface area (Å²) in [6, 6.07) is 96.9. The van der Waals surface area contributed by atoms with Gasteiger partial charge in [-0.3, -0.25) is 0 Å². The van der Waals surface area contributed by atoms with Gasteiger partial charge in [0.05, 0.1) is 22.1 Å². The molecule has 0 amide bonds. The second-order valence-electron chi connectivity index (χ2n) is 18.1. The molecule has 0 saturated carbocycles. The highest BCUT2D eigenvalue weighted by molar-refractivity contribution is 7.26. The zero-order valence-electron chi connectivity index (χ0n) is 38.6. The summed E-state index contributed by atoms with van der Waals surface area (Å²) in [7, 11) is 0.